The van der Waals surface area contributed by atoms with Crippen LogP contribution in [0.15, 0.2) is 42.5 Å². The summed E-state index contributed by atoms with van der Waals surface area (Å²) in [6, 6.07) is 12.0. The second-order valence-electron chi connectivity index (χ2n) is 7.72. The van der Waals surface area contributed by atoms with E-state index in [1.807, 2.05) is 30.3 Å². The first-order chi connectivity index (χ1) is 19.0. The summed E-state index contributed by atoms with van der Waals surface area (Å²) in [7, 11) is 2.82. The molecule has 1 N–H and O–H groups in total. The molecule has 0 unspecified atom stereocenters. The quantitative estimate of drug-likeness (QED) is 0.138. The molecule has 0 radical (unpaired) electrons. The van der Waals surface area contributed by atoms with Crippen molar-refractivity contribution in [1.29, 1.82) is 0 Å². The molecule has 0 aromatic heterocycles. The van der Waals surface area contributed by atoms with Crippen molar-refractivity contribution in [3.63, 3.8) is 0 Å². The van der Waals surface area contributed by atoms with E-state index in [0.29, 0.717) is 52.8 Å². The lowest BCUT2D eigenvalue weighted by molar-refractivity contribution is -0.385. The Kier molecular flexibility index (Phi) is 15.7. The molecule has 0 aliphatic carbocycles. The Morgan fingerprint density at radius 3 is 1.92 bits per heavy atom. The van der Waals surface area contributed by atoms with Gasteiger partial charge < -0.3 is 43.2 Å². The Morgan fingerprint density at radius 1 is 0.795 bits per heavy atom. The van der Waals surface area contributed by atoms with Crippen molar-refractivity contribution in [2.75, 3.05) is 80.2 Å². The van der Waals surface area contributed by atoms with Gasteiger partial charge in [0.15, 0.2) is 11.5 Å². The number of nitrogens with one attached hydrogen (secondary N) is 1. The van der Waals surface area contributed by atoms with Crippen molar-refractivity contribution >= 4 is 11.8 Å². The lowest BCUT2D eigenvalue weighted by atomic mass is 10.2. The minimum atomic E-state index is -0.536. The highest BCUT2D eigenvalue weighted by atomic mass is 16.6. The highest BCUT2D eigenvalue weighted by Gasteiger charge is 2.19. The topological polar surface area (TPSA) is 146 Å². The normalized spacial score (nSPS) is 10.6. The SMILES string of the molecule is COc1cc([N+](=O)[O-])cc(OCCOCCOCCOCCOCCNC(=O)OCc2ccccc2)c1OC. The van der Waals surface area contributed by atoms with Gasteiger partial charge in [0, 0.05) is 6.54 Å². The third kappa shape index (κ3) is 13.1. The fourth-order valence-electron chi connectivity index (χ4n) is 3.10. The molecule has 2 aromatic carbocycles. The van der Waals surface area contributed by atoms with Crippen LogP contribution in [0.5, 0.6) is 17.2 Å². The van der Waals surface area contributed by atoms with E-state index in [1.165, 1.54) is 26.4 Å². The molecule has 0 saturated heterocycles. The fourth-order valence-corrected chi connectivity index (χ4v) is 3.10. The first-order valence-electron chi connectivity index (χ1n) is 12.3. The summed E-state index contributed by atoms with van der Waals surface area (Å²) in [5, 5.41) is 13.7. The molecule has 0 spiro atoms. The molecule has 0 bridgehead atoms. The molecule has 0 aliphatic rings. The minimum absolute atomic E-state index is 0.161. The van der Waals surface area contributed by atoms with E-state index < -0.39 is 11.0 Å². The number of benzene rings is 2. The maximum Gasteiger partial charge on any atom is 0.407 e. The number of carbonyl (C=O) groups excluding carboxylic acids is 1. The third-order valence-electron chi connectivity index (χ3n) is 4.97. The molecule has 0 atom stereocenters. The number of nitro groups is 1. The Bertz CT molecular complexity index is 976. The zero-order valence-corrected chi connectivity index (χ0v) is 22.3. The minimum Gasteiger partial charge on any atom is -0.492 e. The van der Waals surface area contributed by atoms with Gasteiger partial charge in [-0.2, -0.15) is 0 Å². The molecule has 0 heterocycles. The van der Waals surface area contributed by atoms with Gasteiger partial charge in [-0.1, -0.05) is 30.3 Å². The zero-order valence-electron chi connectivity index (χ0n) is 22.3. The number of hydrogen-bond acceptors (Lipinski definition) is 11. The van der Waals surface area contributed by atoms with Gasteiger partial charge >= 0.3 is 6.09 Å². The summed E-state index contributed by atoms with van der Waals surface area (Å²) in [6.07, 6.45) is -0.490. The van der Waals surface area contributed by atoms with Crippen LogP contribution in [0.25, 0.3) is 0 Å². The van der Waals surface area contributed by atoms with Gasteiger partial charge in [-0.15, -0.1) is 0 Å². The smallest absolute Gasteiger partial charge is 0.407 e. The monoisotopic (exact) mass is 552 g/mol. The molecule has 0 saturated carbocycles. The van der Waals surface area contributed by atoms with Gasteiger partial charge in [-0.05, 0) is 5.56 Å². The van der Waals surface area contributed by atoms with E-state index in [4.69, 9.17) is 37.9 Å². The van der Waals surface area contributed by atoms with Gasteiger partial charge in [0.25, 0.3) is 5.69 Å². The Labute approximate surface area is 227 Å². The molecular weight excluding hydrogens is 516 g/mol. The van der Waals surface area contributed by atoms with E-state index in [-0.39, 0.29) is 42.8 Å². The van der Waals surface area contributed by atoms with Crippen molar-refractivity contribution in [2.45, 2.75) is 6.61 Å². The number of methoxy groups -OCH3 is 2. The molecular formula is C26H36N2O11. The van der Waals surface area contributed by atoms with Gasteiger partial charge in [0.1, 0.15) is 13.2 Å². The summed E-state index contributed by atoms with van der Waals surface area (Å²) in [5.74, 6) is 0.674. The fraction of sp³-hybridized carbons (Fsp3) is 0.500. The van der Waals surface area contributed by atoms with Gasteiger partial charge in [0.2, 0.25) is 5.75 Å². The van der Waals surface area contributed by atoms with Crippen molar-refractivity contribution in [1.82, 2.24) is 5.32 Å². The van der Waals surface area contributed by atoms with Crippen LogP contribution in [0.4, 0.5) is 10.5 Å². The van der Waals surface area contributed by atoms with Crippen LogP contribution in [-0.2, 0) is 30.3 Å². The van der Waals surface area contributed by atoms with E-state index in [9.17, 15) is 14.9 Å². The molecule has 2 aromatic rings. The van der Waals surface area contributed by atoms with Crippen LogP contribution in [0.1, 0.15) is 5.56 Å². The first kappa shape index (κ1) is 31.6. The van der Waals surface area contributed by atoms with E-state index in [0.717, 1.165) is 5.56 Å². The van der Waals surface area contributed by atoms with Gasteiger partial charge in [-0.25, -0.2) is 4.79 Å². The Balaban J connectivity index is 1.39. The van der Waals surface area contributed by atoms with Crippen LogP contribution in [-0.4, -0.2) is 91.2 Å². The number of carbonyl (C=O) groups is 1. The van der Waals surface area contributed by atoms with Crippen molar-refractivity contribution in [3.8, 4) is 17.2 Å². The molecule has 216 valence electrons. The standard InChI is InChI=1S/C26H36N2O11/c1-32-23-18-22(28(30)31)19-24(25(23)33-2)38-17-16-37-15-14-36-13-12-35-11-10-34-9-8-27-26(29)39-20-21-6-4-3-5-7-21/h3-7,18-19H,8-17,20H2,1-2H3,(H,27,29). The number of non-ortho nitro benzene ring substituents is 1. The van der Waals surface area contributed by atoms with E-state index >= 15 is 0 Å². The van der Waals surface area contributed by atoms with E-state index in [1.54, 1.807) is 0 Å². The largest absolute Gasteiger partial charge is 0.492 e. The van der Waals surface area contributed by atoms with Crippen LogP contribution >= 0.6 is 0 Å². The molecule has 13 nitrogen and oxygen atoms in total. The maximum atomic E-state index is 11.6. The van der Waals surface area contributed by atoms with Gasteiger partial charge in [0.05, 0.1) is 84.1 Å². The summed E-state index contributed by atoms with van der Waals surface area (Å²) in [5.41, 5.74) is 0.755. The van der Waals surface area contributed by atoms with Crippen LogP contribution in [0, 0.1) is 10.1 Å². The second kappa shape index (κ2) is 19.4. The molecule has 39 heavy (non-hydrogen) atoms. The summed E-state index contributed by atoms with van der Waals surface area (Å²) >= 11 is 0. The summed E-state index contributed by atoms with van der Waals surface area (Å²) < 4.78 is 42.7. The average Bonchev–Trinajstić information content (AvgIpc) is 2.95. The third-order valence-corrected chi connectivity index (χ3v) is 4.97. The Hall–Kier alpha value is -3.65. The first-order valence-corrected chi connectivity index (χ1v) is 12.3. The number of amides is 1. The highest BCUT2D eigenvalue weighted by Crippen LogP contribution is 2.40. The molecule has 0 aliphatic heterocycles. The molecule has 2 rings (SSSR count). The summed E-state index contributed by atoms with van der Waals surface area (Å²) in [4.78, 5) is 22.2. The number of alkyl carbamates (subject to hydrolysis) is 1. The number of rotatable bonds is 21. The zero-order chi connectivity index (χ0) is 28.1. The maximum absolute atomic E-state index is 11.6. The number of nitrogens with zero attached hydrogens (tertiary/aromatic N) is 1. The van der Waals surface area contributed by atoms with Crippen LogP contribution in [0.3, 0.4) is 0 Å². The van der Waals surface area contributed by atoms with Crippen molar-refractivity contribution in [3.05, 3.63) is 58.1 Å². The predicted octanol–water partition coefficient (Wildman–Crippen LogP) is 2.98. The highest BCUT2D eigenvalue weighted by molar-refractivity contribution is 5.67. The average molecular weight is 553 g/mol. The lowest BCUT2D eigenvalue weighted by Gasteiger charge is -2.13. The second-order valence-corrected chi connectivity index (χ2v) is 7.72. The van der Waals surface area contributed by atoms with Crippen LogP contribution in [0.2, 0.25) is 0 Å². The number of ether oxygens (including phenoxy) is 8. The number of nitro benzene ring substituents is 1. The lowest BCUT2D eigenvalue weighted by Crippen LogP contribution is -2.28. The molecule has 1 amide bonds. The van der Waals surface area contributed by atoms with Crippen molar-refractivity contribution < 1.29 is 47.6 Å². The molecule has 0 fully saturated rings. The molecule has 13 heteroatoms. The van der Waals surface area contributed by atoms with E-state index in [2.05, 4.69) is 5.32 Å². The Morgan fingerprint density at radius 2 is 1.36 bits per heavy atom. The van der Waals surface area contributed by atoms with Gasteiger partial charge in [-0.3, -0.25) is 10.1 Å². The van der Waals surface area contributed by atoms with Crippen molar-refractivity contribution in [2.24, 2.45) is 0 Å². The predicted molar refractivity (Wildman–Crippen MR) is 140 cm³/mol. The number of hydrogen-bond donors (Lipinski definition) is 1. The summed E-state index contributed by atoms with van der Waals surface area (Å²) in [6.45, 7) is 3.66. The van der Waals surface area contributed by atoms with Crippen LogP contribution < -0.4 is 19.5 Å².